The van der Waals surface area contributed by atoms with Crippen molar-refractivity contribution in [3.8, 4) is 5.75 Å². The van der Waals surface area contributed by atoms with E-state index in [2.05, 4.69) is 10.0 Å². The van der Waals surface area contributed by atoms with Gasteiger partial charge < -0.3 is 10.1 Å². The molecule has 1 aliphatic carbocycles. The molecular weight excluding hydrogens is 352 g/mol. The van der Waals surface area contributed by atoms with Crippen molar-refractivity contribution < 1.29 is 17.9 Å². The van der Waals surface area contributed by atoms with E-state index in [1.807, 2.05) is 12.1 Å². The van der Waals surface area contributed by atoms with Crippen molar-refractivity contribution in [1.29, 1.82) is 0 Å². The van der Waals surface area contributed by atoms with E-state index in [1.54, 1.807) is 12.1 Å². The number of sulfonamides is 1. The standard InChI is InChI=1S/C19H22N2O4S/c1-20-26(23,24)18-12-6-14(7-13-18)19(22)21-15-8-10-17(11-9-15)25-16-4-2-3-5-16/h6-13,16,20H,2-5H2,1H3,(H,21,22). The number of carbonyl (C=O) groups is 1. The van der Waals surface area contributed by atoms with Gasteiger partial charge in [-0.05, 0) is 81.3 Å². The molecule has 0 aliphatic heterocycles. The van der Waals surface area contributed by atoms with Crippen LogP contribution in [0.15, 0.2) is 53.4 Å². The molecule has 0 atom stereocenters. The van der Waals surface area contributed by atoms with Gasteiger partial charge in [0.2, 0.25) is 10.0 Å². The molecule has 6 nitrogen and oxygen atoms in total. The van der Waals surface area contributed by atoms with Gasteiger partial charge in [-0.3, -0.25) is 4.79 Å². The molecule has 0 unspecified atom stereocenters. The molecule has 1 amide bonds. The molecule has 0 bridgehead atoms. The molecule has 0 radical (unpaired) electrons. The van der Waals surface area contributed by atoms with Crippen molar-refractivity contribution in [2.75, 3.05) is 12.4 Å². The summed E-state index contributed by atoms with van der Waals surface area (Å²) in [7, 11) is -2.17. The van der Waals surface area contributed by atoms with Crippen molar-refractivity contribution in [3.63, 3.8) is 0 Å². The summed E-state index contributed by atoms with van der Waals surface area (Å²) in [5, 5.41) is 2.79. The van der Waals surface area contributed by atoms with E-state index in [0.29, 0.717) is 17.4 Å². The molecule has 0 spiro atoms. The number of nitrogens with one attached hydrogen (secondary N) is 2. The second-order valence-corrected chi connectivity index (χ2v) is 8.12. The number of anilines is 1. The minimum atomic E-state index is -3.51. The van der Waals surface area contributed by atoms with Gasteiger partial charge in [0.15, 0.2) is 0 Å². The number of hydrogen-bond acceptors (Lipinski definition) is 4. The quantitative estimate of drug-likeness (QED) is 0.813. The van der Waals surface area contributed by atoms with Crippen LogP contribution in [-0.2, 0) is 10.0 Å². The SMILES string of the molecule is CNS(=O)(=O)c1ccc(C(=O)Nc2ccc(OC3CCCC3)cc2)cc1. The lowest BCUT2D eigenvalue weighted by atomic mass is 10.2. The third-order valence-corrected chi connectivity index (χ3v) is 5.84. The summed E-state index contributed by atoms with van der Waals surface area (Å²) in [5.74, 6) is 0.499. The summed E-state index contributed by atoms with van der Waals surface area (Å²) in [6.07, 6.45) is 4.92. The first kappa shape index (κ1) is 18.4. The third kappa shape index (κ3) is 4.42. The highest BCUT2D eigenvalue weighted by atomic mass is 32.2. The molecule has 2 aromatic rings. The van der Waals surface area contributed by atoms with E-state index in [4.69, 9.17) is 4.74 Å². The molecule has 0 heterocycles. The van der Waals surface area contributed by atoms with Crippen molar-refractivity contribution >= 4 is 21.6 Å². The van der Waals surface area contributed by atoms with Gasteiger partial charge in [-0.2, -0.15) is 0 Å². The van der Waals surface area contributed by atoms with E-state index < -0.39 is 10.0 Å². The largest absolute Gasteiger partial charge is 0.490 e. The highest BCUT2D eigenvalue weighted by molar-refractivity contribution is 7.89. The molecule has 1 aliphatic rings. The second kappa shape index (κ2) is 7.88. The Morgan fingerprint density at radius 3 is 2.19 bits per heavy atom. The average molecular weight is 374 g/mol. The van der Waals surface area contributed by atoms with Crippen LogP contribution in [0.4, 0.5) is 5.69 Å². The molecular formula is C19H22N2O4S. The highest BCUT2D eigenvalue weighted by Crippen LogP contribution is 2.25. The first-order chi connectivity index (χ1) is 12.5. The van der Waals surface area contributed by atoms with Gasteiger partial charge in [-0.25, -0.2) is 13.1 Å². The van der Waals surface area contributed by atoms with Gasteiger partial charge in [0.05, 0.1) is 11.0 Å². The van der Waals surface area contributed by atoms with Crippen molar-refractivity contribution in [3.05, 3.63) is 54.1 Å². The van der Waals surface area contributed by atoms with Crippen LogP contribution in [0, 0.1) is 0 Å². The molecule has 3 rings (SSSR count). The number of benzene rings is 2. The Kier molecular flexibility index (Phi) is 5.58. The Morgan fingerprint density at radius 2 is 1.62 bits per heavy atom. The summed E-state index contributed by atoms with van der Waals surface area (Å²) in [4.78, 5) is 12.4. The normalized spacial score (nSPS) is 15.0. The van der Waals surface area contributed by atoms with Crippen LogP contribution < -0.4 is 14.8 Å². The lowest BCUT2D eigenvalue weighted by Gasteiger charge is -2.13. The lowest BCUT2D eigenvalue weighted by Crippen LogP contribution is -2.19. The van der Waals surface area contributed by atoms with Gasteiger partial charge in [0.1, 0.15) is 5.75 Å². The summed E-state index contributed by atoms with van der Waals surface area (Å²) in [6.45, 7) is 0. The Morgan fingerprint density at radius 1 is 1.00 bits per heavy atom. The Bertz CT molecular complexity index is 855. The second-order valence-electron chi connectivity index (χ2n) is 6.23. The maximum atomic E-state index is 12.3. The first-order valence-electron chi connectivity index (χ1n) is 8.59. The van der Waals surface area contributed by atoms with E-state index in [1.165, 1.54) is 44.2 Å². The third-order valence-electron chi connectivity index (χ3n) is 4.41. The predicted octanol–water partition coefficient (Wildman–Crippen LogP) is 3.17. The summed E-state index contributed by atoms with van der Waals surface area (Å²) in [5.41, 5.74) is 1.03. The van der Waals surface area contributed by atoms with Gasteiger partial charge in [-0.1, -0.05) is 0 Å². The summed E-state index contributed by atoms with van der Waals surface area (Å²) >= 11 is 0. The Balaban J connectivity index is 1.62. The molecule has 138 valence electrons. The number of carbonyl (C=O) groups excluding carboxylic acids is 1. The summed E-state index contributed by atoms with van der Waals surface area (Å²) < 4.78 is 31.5. The summed E-state index contributed by atoms with van der Waals surface area (Å²) in [6, 6.07) is 13.0. The van der Waals surface area contributed by atoms with E-state index in [0.717, 1.165) is 18.6 Å². The van der Waals surface area contributed by atoms with Crippen LogP contribution in [0.3, 0.4) is 0 Å². The number of hydrogen-bond donors (Lipinski definition) is 2. The fraction of sp³-hybridized carbons (Fsp3) is 0.316. The maximum absolute atomic E-state index is 12.3. The highest BCUT2D eigenvalue weighted by Gasteiger charge is 2.16. The van der Waals surface area contributed by atoms with Crippen molar-refractivity contribution in [1.82, 2.24) is 4.72 Å². The molecule has 0 aromatic heterocycles. The molecule has 2 N–H and O–H groups in total. The van der Waals surface area contributed by atoms with Gasteiger partial charge >= 0.3 is 0 Å². The monoisotopic (exact) mass is 374 g/mol. The minimum Gasteiger partial charge on any atom is -0.490 e. The van der Waals surface area contributed by atoms with Crippen LogP contribution in [0.2, 0.25) is 0 Å². The van der Waals surface area contributed by atoms with E-state index in [-0.39, 0.29) is 10.8 Å². The van der Waals surface area contributed by atoms with Crippen LogP contribution in [0.5, 0.6) is 5.75 Å². The zero-order valence-electron chi connectivity index (χ0n) is 14.6. The van der Waals surface area contributed by atoms with Crippen LogP contribution in [0.1, 0.15) is 36.0 Å². The topological polar surface area (TPSA) is 84.5 Å². The molecule has 2 aromatic carbocycles. The van der Waals surface area contributed by atoms with E-state index in [9.17, 15) is 13.2 Å². The molecule has 0 saturated heterocycles. The van der Waals surface area contributed by atoms with Crippen molar-refractivity contribution in [2.24, 2.45) is 0 Å². The van der Waals surface area contributed by atoms with Gasteiger partial charge in [0, 0.05) is 11.3 Å². The molecule has 7 heteroatoms. The minimum absolute atomic E-state index is 0.116. The van der Waals surface area contributed by atoms with Crippen LogP contribution in [-0.4, -0.2) is 27.5 Å². The zero-order valence-corrected chi connectivity index (χ0v) is 15.4. The fourth-order valence-corrected chi connectivity index (χ4v) is 3.65. The van der Waals surface area contributed by atoms with Gasteiger partial charge in [0.25, 0.3) is 5.91 Å². The maximum Gasteiger partial charge on any atom is 0.255 e. The average Bonchev–Trinajstić information content (AvgIpc) is 3.16. The molecule has 1 fully saturated rings. The Hall–Kier alpha value is -2.38. The number of amides is 1. The predicted molar refractivity (Wildman–Crippen MR) is 100.0 cm³/mol. The zero-order chi connectivity index (χ0) is 18.6. The van der Waals surface area contributed by atoms with Gasteiger partial charge in [-0.15, -0.1) is 0 Å². The number of ether oxygens (including phenoxy) is 1. The molecule has 26 heavy (non-hydrogen) atoms. The van der Waals surface area contributed by atoms with Crippen LogP contribution in [0.25, 0.3) is 0 Å². The first-order valence-corrected chi connectivity index (χ1v) is 10.1. The van der Waals surface area contributed by atoms with Crippen molar-refractivity contribution in [2.45, 2.75) is 36.7 Å². The molecule has 1 saturated carbocycles. The van der Waals surface area contributed by atoms with Crippen LogP contribution >= 0.6 is 0 Å². The Labute approximate surface area is 153 Å². The fourth-order valence-electron chi connectivity index (χ4n) is 2.92. The smallest absolute Gasteiger partial charge is 0.255 e. The number of rotatable bonds is 6. The lowest BCUT2D eigenvalue weighted by molar-refractivity contribution is 0.102. The van der Waals surface area contributed by atoms with E-state index >= 15 is 0 Å².